The van der Waals surface area contributed by atoms with E-state index in [-0.39, 0.29) is 6.42 Å². The van der Waals surface area contributed by atoms with E-state index >= 15 is 0 Å². The second kappa shape index (κ2) is 5.21. The van der Waals surface area contributed by atoms with Crippen LogP contribution in [0.2, 0.25) is 0 Å². The topological polar surface area (TPSA) is 37.3 Å². The first kappa shape index (κ1) is 9.40. The average molecular weight is 148 g/mol. The van der Waals surface area contributed by atoms with Crippen molar-refractivity contribution in [3.05, 3.63) is 0 Å². The summed E-state index contributed by atoms with van der Waals surface area (Å²) < 4.78 is 12.2. The third-order valence-electron chi connectivity index (χ3n) is 1.33. The molecule has 0 amide bonds. The van der Waals surface area contributed by atoms with Crippen molar-refractivity contribution in [1.82, 2.24) is 0 Å². The van der Waals surface area contributed by atoms with E-state index in [0.717, 1.165) is 12.8 Å². The van der Waals surface area contributed by atoms with Crippen molar-refractivity contribution in [3.63, 3.8) is 0 Å². The van der Waals surface area contributed by atoms with Crippen LogP contribution in [0.25, 0.3) is 0 Å². The van der Waals surface area contributed by atoms with Gasteiger partial charge in [0.2, 0.25) is 0 Å². The largest absolute Gasteiger partial charge is 0.479 e. The van der Waals surface area contributed by atoms with E-state index in [1.165, 1.54) is 0 Å². The van der Waals surface area contributed by atoms with Crippen LogP contribution in [-0.4, -0.2) is 17.2 Å². The van der Waals surface area contributed by atoms with Gasteiger partial charge in [-0.05, 0) is 12.8 Å². The molecule has 0 fully saturated rings. The van der Waals surface area contributed by atoms with E-state index in [4.69, 9.17) is 5.11 Å². The van der Waals surface area contributed by atoms with Gasteiger partial charge in [-0.2, -0.15) is 0 Å². The Morgan fingerprint density at radius 1 is 1.60 bits per heavy atom. The summed E-state index contributed by atoms with van der Waals surface area (Å²) in [7, 11) is 0. The van der Waals surface area contributed by atoms with Crippen LogP contribution in [0.3, 0.4) is 0 Å². The molecule has 60 valence electrons. The van der Waals surface area contributed by atoms with Crippen LogP contribution in [0.4, 0.5) is 4.39 Å². The van der Waals surface area contributed by atoms with Crippen molar-refractivity contribution >= 4 is 5.97 Å². The molecule has 0 aliphatic carbocycles. The second-order valence-electron chi connectivity index (χ2n) is 2.30. The van der Waals surface area contributed by atoms with Gasteiger partial charge >= 0.3 is 5.97 Å². The normalized spacial score (nSPS) is 13.0. The van der Waals surface area contributed by atoms with E-state index in [1.54, 1.807) is 0 Å². The molecule has 0 spiro atoms. The number of aliphatic carboxylic acids is 1. The van der Waals surface area contributed by atoms with Gasteiger partial charge in [0.25, 0.3) is 0 Å². The number of halogens is 1. The Morgan fingerprint density at radius 3 is 2.60 bits per heavy atom. The molecule has 1 N–H and O–H groups in total. The molecule has 0 bridgehead atoms. The van der Waals surface area contributed by atoms with Gasteiger partial charge < -0.3 is 5.11 Å². The molecule has 0 aliphatic heterocycles. The third-order valence-corrected chi connectivity index (χ3v) is 1.33. The van der Waals surface area contributed by atoms with Gasteiger partial charge in [-0.1, -0.05) is 19.8 Å². The van der Waals surface area contributed by atoms with Gasteiger partial charge in [0.05, 0.1) is 0 Å². The minimum absolute atomic E-state index is 0.156. The summed E-state index contributed by atoms with van der Waals surface area (Å²) in [4.78, 5) is 9.92. The Morgan fingerprint density at radius 2 is 2.20 bits per heavy atom. The van der Waals surface area contributed by atoms with Crippen molar-refractivity contribution in [3.8, 4) is 0 Å². The molecule has 0 saturated heterocycles. The van der Waals surface area contributed by atoms with Gasteiger partial charge in [-0.3, -0.25) is 0 Å². The van der Waals surface area contributed by atoms with Crippen LogP contribution >= 0.6 is 0 Å². The smallest absolute Gasteiger partial charge is 0.338 e. The van der Waals surface area contributed by atoms with E-state index < -0.39 is 12.1 Å². The Labute approximate surface area is 60.1 Å². The Kier molecular flexibility index (Phi) is 4.89. The highest BCUT2D eigenvalue weighted by molar-refractivity contribution is 5.71. The van der Waals surface area contributed by atoms with Crippen LogP contribution in [0.15, 0.2) is 0 Å². The number of hydrogen-bond donors (Lipinski definition) is 1. The highest BCUT2D eigenvalue weighted by Crippen LogP contribution is 2.05. The Bertz CT molecular complexity index is 104. The number of hydrogen-bond acceptors (Lipinski definition) is 1. The van der Waals surface area contributed by atoms with Gasteiger partial charge in [-0.15, -0.1) is 0 Å². The standard InChI is InChI=1S/C7H13FO2/c1-2-3-4-5-6(8)7(9)10/h6H,2-5H2,1H3,(H,9,10). The van der Waals surface area contributed by atoms with Crippen LogP contribution < -0.4 is 0 Å². The number of carboxylic acid groups (broad SMARTS) is 1. The molecular weight excluding hydrogens is 135 g/mol. The second-order valence-corrected chi connectivity index (χ2v) is 2.30. The summed E-state index contributed by atoms with van der Waals surface area (Å²) in [5.41, 5.74) is 0. The maximum absolute atomic E-state index is 12.2. The first-order valence-corrected chi connectivity index (χ1v) is 3.55. The third kappa shape index (κ3) is 4.30. The van der Waals surface area contributed by atoms with Crippen LogP contribution in [0.1, 0.15) is 32.6 Å². The van der Waals surface area contributed by atoms with Gasteiger partial charge in [0.15, 0.2) is 6.17 Å². The predicted molar refractivity (Wildman–Crippen MR) is 36.7 cm³/mol. The van der Waals surface area contributed by atoms with Crippen molar-refractivity contribution < 1.29 is 14.3 Å². The van der Waals surface area contributed by atoms with Crippen LogP contribution in [0.5, 0.6) is 0 Å². The molecule has 0 heterocycles. The number of carbonyl (C=O) groups is 1. The molecule has 0 rings (SSSR count). The molecule has 1 atom stereocenters. The fourth-order valence-corrected chi connectivity index (χ4v) is 0.697. The van der Waals surface area contributed by atoms with Crippen LogP contribution in [0, 0.1) is 0 Å². The van der Waals surface area contributed by atoms with E-state index in [2.05, 4.69) is 0 Å². The molecule has 0 radical (unpaired) electrons. The molecule has 0 aromatic rings. The zero-order chi connectivity index (χ0) is 7.98. The quantitative estimate of drug-likeness (QED) is 0.605. The van der Waals surface area contributed by atoms with E-state index in [9.17, 15) is 9.18 Å². The summed E-state index contributed by atoms with van der Waals surface area (Å²) >= 11 is 0. The highest BCUT2D eigenvalue weighted by Gasteiger charge is 2.13. The monoisotopic (exact) mass is 148 g/mol. The fraction of sp³-hybridized carbons (Fsp3) is 0.857. The summed E-state index contributed by atoms with van der Waals surface area (Å²) in [6.45, 7) is 1.99. The van der Waals surface area contributed by atoms with E-state index in [0.29, 0.717) is 6.42 Å². The molecule has 2 nitrogen and oxygen atoms in total. The number of rotatable bonds is 5. The highest BCUT2D eigenvalue weighted by atomic mass is 19.1. The van der Waals surface area contributed by atoms with Gasteiger partial charge in [0.1, 0.15) is 0 Å². The predicted octanol–water partition coefficient (Wildman–Crippen LogP) is 1.99. The molecule has 0 aliphatic rings. The Balaban J connectivity index is 3.21. The summed E-state index contributed by atoms with van der Waals surface area (Å²) in [5, 5.41) is 8.11. The minimum Gasteiger partial charge on any atom is -0.479 e. The number of unbranched alkanes of at least 4 members (excludes halogenated alkanes) is 2. The van der Waals surface area contributed by atoms with Crippen molar-refractivity contribution in [2.45, 2.75) is 38.8 Å². The van der Waals surface area contributed by atoms with Crippen molar-refractivity contribution in [1.29, 1.82) is 0 Å². The molecule has 10 heavy (non-hydrogen) atoms. The maximum atomic E-state index is 12.2. The lowest BCUT2D eigenvalue weighted by Gasteiger charge is -1.99. The molecule has 3 heteroatoms. The molecule has 0 aromatic heterocycles. The van der Waals surface area contributed by atoms with Crippen molar-refractivity contribution in [2.24, 2.45) is 0 Å². The zero-order valence-corrected chi connectivity index (χ0v) is 6.14. The SMILES string of the molecule is CCCCCC(F)C(=O)O. The molecule has 0 aromatic carbocycles. The molecular formula is C7H13FO2. The number of carboxylic acids is 1. The fourth-order valence-electron chi connectivity index (χ4n) is 0.697. The van der Waals surface area contributed by atoms with E-state index in [1.807, 2.05) is 6.92 Å². The lowest BCUT2D eigenvalue weighted by molar-refractivity contribution is -0.143. The summed E-state index contributed by atoms with van der Waals surface area (Å²) in [6.07, 6.45) is 1.07. The first-order chi connectivity index (χ1) is 4.68. The zero-order valence-electron chi connectivity index (χ0n) is 6.14. The van der Waals surface area contributed by atoms with Gasteiger partial charge in [-0.25, -0.2) is 9.18 Å². The Hall–Kier alpha value is -0.600. The lowest BCUT2D eigenvalue weighted by atomic mass is 10.1. The molecule has 0 saturated carbocycles. The lowest BCUT2D eigenvalue weighted by Crippen LogP contribution is -2.13. The van der Waals surface area contributed by atoms with Crippen LogP contribution in [-0.2, 0) is 4.79 Å². The summed E-state index contributed by atoms with van der Waals surface area (Å²) in [6, 6.07) is 0. The van der Waals surface area contributed by atoms with Gasteiger partial charge in [0, 0.05) is 0 Å². The minimum atomic E-state index is -1.66. The van der Waals surface area contributed by atoms with Crippen molar-refractivity contribution in [2.75, 3.05) is 0 Å². The number of alkyl halides is 1. The average Bonchev–Trinajstić information content (AvgIpc) is 1.88. The summed E-state index contributed by atoms with van der Waals surface area (Å²) in [5.74, 6) is -1.34. The maximum Gasteiger partial charge on any atom is 0.338 e. The first-order valence-electron chi connectivity index (χ1n) is 3.55. The molecule has 1 unspecified atom stereocenters.